The van der Waals surface area contributed by atoms with Gasteiger partial charge in [-0.05, 0) is 86.0 Å². The first-order valence-corrected chi connectivity index (χ1v) is 13.3. The predicted molar refractivity (Wildman–Crippen MR) is 146 cm³/mol. The smallest absolute Gasteiger partial charge is 0.294 e. The number of rotatable bonds is 6. The van der Waals surface area contributed by atoms with Crippen LogP contribution in [0.15, 0.2) is 47.4 Å². The van der Waals surface area contributed by atoms with E-state index < -0.39 is 17.0 Å². The molecule has 0 radical (unpaired) electrons. The number of thioether (sulfide) groups is 1. The zero-order chi connectivity index (χ0) is 27.1. The van der Waals surface area contributed by atoms with Crippen LogP contribution in [0.2, 0.25) is 5.02 Å². The molecule has 11 heteroatoms. The summed E-state index contributed by atoms with van der Waals surface area (Å²) in [5.41, 5.74) is 4.11. The number of carbonyl (C=O) groups is 2. The van der Waals surface area contributed by atoms with Crippen molar-refractivity contribution in [2.24, 2.45) is 0 Å². The summed E-state index contributed by atoms with van der Waals surface area (Å²) in [5.74, 6) is -0.963. The fraction of sp³-hybridized carbons (Fsp3) is 0.259. The molecule has 2 fully saturated rings. The second-order valence-electron chi connectivity index (χ2n) is 9.29. The molecule has 0 bridgehead atoms. The van der Waals surface area contributed by atoms with Gasteiger partial charge in [-0.15, -0.1) is 0 Å². The molecule has 0 saturated carbocycles. The average molecular weight is 555 g/mol. The first-order valence-electron chi connectivity index (χ1n) is 12.1. The maximum absolute atomic E-state index is 13.4. The molecule has 2 aliphatic rings. The second kappa shape index (κ2) is 10.3. The highest BCUT2D eigenvalue weighted by atomic mass is 35.5. The lowest BCUT2D eigenvalue weighted by atomic mass is 10.2. The Labute approximate surface area is 227 Å². The third-order valence-corrected chi connectivity index (χ3v) is 8.09. The Morgan fingerprint density at radius 2 is 1.84 bits per heavy atom. The highest BCUT2D eigenvalue weighted by molar-refractivity contribution is 8.18. The lowest BCUT2D eigenvalue weighted by Gasteiger charge is -2.19. The van der Waals surface area contributed by atoms with Crippen molar-refractivity contribution in [2.45, 2.75) is 33.2 Å². The lowest BCUT2D eigenvalue weighted by molar-refractivity contribution is -0.384. The number of nitro benzene ring substituents is 1. The molecule has 3 aromatic rings. The van der Waals surface area contributed by atoms with Crippen LogP contribution in [0.4, 0.5) is 20.6 Å². The van der Waals surface area contributed by atoms with Gasteiger partial charge in [0.2, 0.25) is 0 Å². The van der Waals surface area contributed by atoms with Crippen LogP contribution in [-0.2, 0) is 11.3 Å². The Hall–Kier alpha value is -3.63. The van der Waals surface area contributed by atoms with E-state index in [4.69, 9.17) is 11.6 Å². The number of hydrogen-bond acceptors (Lipinski definition) is 6. The molecule has 0 unspecified atom stereocenters. The van der Waals surface area contributed by atoms with Crippen molar-refractivity contribution in [2.75, 3.05) is 18.0 Å². The summed E-state index contributed by atoms with van der Waals surface area (Å²) in [5, 5.41) is 11.6. The SMILES string of the molecule is Cc1cc(/C=C2\SC(=O)N(Cc3ccc(F)cc3Cl)C2=O)c(C)n1-c1ccc(N2CCCC2)c([N+](=O)[O-])c1. The van der Waals surface area contributed by atoms with E-state index in [9.17, 15) is 24.1 Å². The number of aryl methyl sites for hydroxylation is 1. The van der Waals surface area contributed by atoms with Crippen LogP contribution in [0, 0.1) is 29.8 Å². The van der Waals surface area contributed by atoms with E-state index in [-0.39, 0.29) is 27.1 Å². The quantitative estimate of drug-likeness (QED) is 0.193. The Morgan fingerprint density at radius 3 is 2.53 bits per heavy atom. The van der Waals surface area contributed by atoms with E-state index in [1.54, 1.807) is 18.2 Å². The van der Waals surface area contributed by atoms with Gasteiger partial charge >= 0.3 is 0 Å². The van der Waals surface area contributed by atoms with Crippen molar-refractivity contribution >= 4 is 52.0 Å². The minimum atomic E-state index is -0.501. The van der Waals surface area contributed by atoms with Crippen LogP contribution < -0.4 is 4.90 Å². The Morgan fingerprint density at radius 1 is 1.11 bits per heavy atom. The Bertz CT molecular complexity index is 1510. The molecule has 2 aliphatic heterocycles. The lowest BCUT2D eigenvalue weighted by Crippen LogP contribution is -2.27. The maximum Gasteiger partial charge on any atom is 0.294 e. The first-order chi connectivity index (χ1) is 18.1. The van der Waals surface area contributed by atoms with Crippen molar-refractivity contribution in [3.63, 3.8) is 0 Å². The van der Waals surface area contributed by atoms with Crippen LogP contribution in [0.5, 0.6) is 0 Å². The van der Waals surface area contributed by atoms with Gasteiger partial charge in [-0.2, -0.15) is 0 Å². The molecule has 5 rings (SSSR count). The number of hydrogen-bond donors (Lipinski definition) is 0. The van der Waals surface area contributed by atoms with Gasteiger partial charge in [-0.25, -0.2) is 4.39 Å². The molecule has 2 aromatic carbocycles. The number of nitrogens with zero attached hydrogens (tertiary/aromatic N) is 4. The summed E-state index contributed by atoms with van der Waals surface area (Å²) in [6, 6.07) is 10.9. The van der Waals surface area contributed by atoms with Gasteiger partial charge < -0.3 is 9.47 Å². The highest BCUT2D eigenvalue weighted by Crippen LogP contribution is 2.37. The van der Waals surface area contributed by atoms with Crippen LogP contribution in [0.1, 0.15) is 35.4 Å². The third-order valence-electron chi connectivity index (χ3n) is 6.83. The van der Waals surface area contributed by atoms with E-state index >= 15 is 0 Å². The maximum atomic E-state index is 13.4. The molecule has 38 heavy (non-hydrogen) atoms. The van der Waals surface area contributed by atoms with Gasteiger partial charge in [-0.1, -0.05) is 17.7 Å². The van der Waals surface area contributed by atoms with Crippen LogP contribution in [-0.4, -0.2) is 38.6 Å². The van der Waals surface area contributed by atoms with Gasteiger partial charge in [-0.3, -0.25) is 24.6 Å². The number of carbonyl (C=O) groups excluding carboxylic acids is 2. The molecule has 2 amide bonds. The topological polar surface area (TPSA) is 88.7 Å². The van der Waals surface area contributed by atoms with Crippen molar-refractivity contribution in [3.8, 4) is 5.69 Å². The second-order valence-corrected chi connectivity index (χ2v) is 10.7. The summed E-state index contributed by atoms with van der Waals surface area (Å²) >= 11 is 6.91. The predicted octanol–water partition coefficient (Wildman–Crippen LogP) is 6.63. The van der Waals surface area contributed by atoms with E-state index in [0.717, 1.165) is 65.6 Å². The number of imide groups is 1. The van der Waals surface area contributed by atoms with Gasteiger partial charge in [0.05, 0.1) is 22.1 Å². The molecule has 1 aromatic heterocycles. The Balaban J connectivity index is 1.44. The first kappa shape index (κ1) is 26.0. The largest absolute Gasteiger partial charge is 0.366 e. The van der Waals surface area contributed by atoms with E-state index in [1.807, 2.05) is 35.4 Å². The fourth-order valence-electron chi connectivity index (χ4n) is 4.95. The van der Waals surface area contributed by atoms with Crippen molar-refractivity contribution < 1.29 is 18.9 Å². The zero-order valence-corrected chi connectivity index (χ0v) is 22.3. The number of halogens is 2. The van der Waals surface area contributed by atoms with Gasteiger partial charge in [0, 0.05) is 35.6 Å². The van der Waals surface area contributed by atoms with Crippen molar-refractivity contribution in [1.82, 2.24) is 9.47 Å². The normalized spacial score (nSPS) is 16.8. The van der Waals surface area contributed by atoms with Gasteiger partial charge in [0.25, 0.3) is 16.8 Å². The molecule has 8 nitrogen and oxygen atoms in total. The summed E-state index contributed by atoms with van der Waals surface area (Å²) in [4.78, 5) is 40.6. The van der Waals surface area contributed by atoms with Gasteiger partial charge in [0.15, 0.2) is 0 Å². The molecular formula is C27H24ClFN4O4S. The van der Waals surface area contributed by atoms with E-state index in [0.29, 0.717) is 16.9 Å². The molecule has 0 atom stereocenters. The minimum absolute atomic E-state index is 0.0547. The van der Waals surface area contributed by atoms with Crippen LogP contribution >= 0.6 is 23.4 Å². The van der Waals surface area contributed by atoms with Crippen molar-refractivity contribution in [3.05, 3.63) is 90.8 Å². The number of amides is 2. The number of benzene rings is 2. The third kappa shape index (κ3) is 4.81. The summed E-state index contributed by atoms with van der Waals surface area (Å²) in [6.07, 6.45) is 3.68. The van der Waals surface area contributed by atoms with Crippen LogP contribution in [0.25, 0.3) is 11.8 Å². The average Bonchev–Trinajstić information content (AvgIpc) is 3.56. The number of anilines is 1. The van der Waals surface area contributed by atoms with E-state index in [2.05, 4.69) is 0 Å². The molecule has 196 valence electrons. The van der Waals surface area contributed by atoms with E-state index in [1.165, 1.54) is 12.1 Å². The summed E-state index contributed by atoms with van der Waals surface area (Å²) in [6.45, 7) is 5.28. The summed E-state index contributed by atoms with van der Waals surface area (Å²) in [7, 11) is 0. The molecule has 0 spiro atoms. The Kier molecular flexibility index (Phi) is 7.02. The monoisotopic (exact) mass is 554 g/mol. The molecular weight excluding hydrogens is 531 g/mol. The summed E-state index contributed by atoms with van der Waals surface area (Å²) < 4.78 is 15.3. The molecule has 2 saturated heterocycles. The molecule has 0 N–H and O–H groups in total. The van der Waals surface area contributed by atoms with Gasteiger partial charge in [0.1, 0.15) is 11.5 Å². The number of nitro groups is 1. The van der Waals surface area contributed by atoms with Crippen LogP contribution in [0.3, 0.4) is 0 Å². The van der Waals surface area contributed by atoms with Crippen molar-refractivity contribution in [1.29, 1.82) is 0 Å². The molecule has 0 aliphatic carbocycles. The fourth-order valence-corrected chi connectivity index (χ4v) is 6.01. The standard InChI is InChI=1S/C27H24ClFN4O4S/c1-16-11-19(12-25-26(34)31(27(35)38-25)15-18-5-6-20(29)13-22(18)28)17(2)32(16)21-7-8-23(24(14-21)33(36)37)30-9-3-4-10-30/h5-8,11-14H,3-4,9-10,15H2,1-2H3/b25-12-. The molecule has 3 heterocycles. The minimum Gasteiger partial charge on any atom is -0.366 e. The number of aromatic nitrogens is 1. The zero-order valence-electron chi connectivity index (χ0n) is 20.7. The highest BCUT2D eigenvalue weighted by Gasteiger charge is 2.35.